The van der Waals surface area contributed by atoms with Crippen LogP contribution in [-0.2, 0) is 6.42 Å². The number of aryl methyl sites for hydroxylation is 1. The second-order valence-electron chi connectivity index (χ2n) is 5.04. The highest BCUT2D eigenvalue weighted by Gasteiger charge is 2.17. The molecule has 1 N–H and O–H groups in total. The first-order chi connectivity index (χ1) is 9.58. The maximum atomic E-state index is 13.7. The number of hydrogen-bond donors (Lipinski definition) is 1. The molecule has 0 aliphatic heterocycles. The van der Waals surface area contributed by atoms with Crippen molar-refractivity contribution in [2.24, 2.45) is 0 Å². The fourth-order valence-corrected chi connectivity index (χ4v) is 2.33. The van der Waals surface area contributed by atoms with Gasteiger partial charge in [-0.3, -0.25) is 0 Å². The zero-order chi connectivity index (χ0) is 14.5. The van der Waals surface area contributed by atoms with Gasteiger partial charge in [-0.15, -0.1) is 0 Å². The quantitative estimate of drug-likeness (QED) is 0.856. The molecule has 108 valence electrons. The average molecular weight is 279 g/mol. The van der Waals surface area contributed by atoms with E-state index in [1.54, 1.807) is 13.2 Å². The van der Waals surface area contributed by atoms with Crippen LogP contribution in [0, 0.1) is 11.6 Å². The summed E-state index contributed by atoms with van der Waals surface area (Å²) >= 11 is 0. The van der Waals surface area contributed by atoms with E-state index in [9.17, 15) is 8.78 Å². The van der Waals surface area contributed by atoms with E-state index in [0.717, 1.165) is 18.6 Å². The van der Waals surface area contributed by atoms with Crippen molar-refractivity contribution in [1.29, 1.82) is 0 Å². The van der Waals surface area contributed by atoms with Gasteiger partial charge in [0.25, 0.3) is 0 Å². The summed E-state index contributed by atoms with van der Waals surface area (Å²) in [6.45, 7) is 3.77. The Balaban J connectivity index is 1.92. The van der Waals surface area contributed by atoms with Gasteiger partial charge in [0.2, 0.25) is 0 Å². The van der Waals surface area contributed by atoms with Crippen molar-refractivity contribution in [3.8, 4) is 0 Å². The van der Waals surface area contributed by atoms with Gasteiger partial charge in [-0.2, -0.15) is 0 Å². The van der Waals surface area contributed by atoms with Crippen molar-refractivity contribution in [3.63, 3.8) is 0 Å². The van der Waals surface area contributed by atoms with Gasteiger partial charge in [-0.1, -0.05) is 6.07 Å². The van der Waals surface area contributed by atoms with E-state index in [0.29, 0.717) is 0 Å². The molecule has 0 aliphatic rings. The molecule has 0 bridgehead atoms. The van der Waals surface area contributed by atoms with E-state index >= 15 is 0 Å². The van der Waals surface area contributed by atoms with Gasteiger partial charge in [0.05, 0.1) is 6.26 Å². The minimum Gasteiger partial charge on any atom is -0.469 e. The molecule has 0 amide bonds. The predicted molar refractivity (Wildman–Crippen MR) is 74.4 cm³/mol. The van der Waals surface area contributed by atoms with E-state index in [4.69, 9.17) is 4.42 Å². The smallest absolute Gasteiger partial charge is 0.130 e. The van der Waals surface area contributed by atoms with Crippen LogP contribution in [0.2, 0.25) is 0 Å². The van der Waals surface area contributed by atoms with Crippen molar-refractivity contribution >= 4 is 0 Å². The number of halogens is 2. The number of rotatable bonds is 6. The molecule has 0 aliphatic carbocycles. The standard InChI is InChI=1S/C16H19F2NO/c1-11(8-9-13-5-4-10-20-13)19-12(2)16-14(17)6-3-7-15(16)18/h3-7,10-12,19H,8-9H2,1-2H3. The Labute approximate surface area is 117 Å². The van der Waals surface area contributed by atoms with Crippen LogP contribution in [0.4, 0.5) is 8.78 Å². The van der Waals surface area contributed by atoms with Crippen LogP contribution in [0.25, 0.3) is 0 Å². The third-order valence-electron chi connectivity index (χ3n) is 3.37. The molecule has 1 heterocycles. The van der Waals surface area contributed by atoms with Gasteiger partial charge >= 0.3 is 0 Å². The Hall–Kier alpha value is -1.68. The maximum Gasteiger partial charge on any atom is 0.130 e. The molecular weight excluding hydrogens is 260 g/mol. The summed E-state index contributed by atoms with van der Waals surface area (Å²) in [5.41, 5.74) is 0.0948. The molecule has 2 aromatic rings. The van der Waals surface area contributed by atoms with Crippen molar-refractivity contribution in [2.75, 3.05) is 0 Å². The van der Waals surface area contributed by atoms with E-state index in [-0.39, 0.29) is 17.6 Å². The summed E-state index contributed by atoms with van der Waals surface area (Å²) in [5.74, 6) is -0.102. The lowest BCUT2D eigenvalue weighted by molar-refractivity contribution is 0.412. The molecule has 0 radical (unpaired) electrons. The van der Waals surface area contributed by atoms with E-state index < -0.39 is 11.6 Å². The van der Waals surface area contributed by atoms with Gasteiger partial charge in [0.1, 0.15) is 17.4 Å². The van der Waals surface area contributed by atoms with E-state index in [1.807, 2.05) is 19.1 Å². The van der Waals surface area contributed by atoms with Crippen LogP contribution >= 0.6 is 0 Å². The molecule has 1 aromatic heterocycles. The van der Waals surface area contributed by atoms with Crippen LogP contribution in [0.5, 0.6) is 0 Å². The molecule has 2 nitrogen and oxygen atoms in total. The third kappa shape index (κ3) is 3.67. The summed E-state index contributed by atoms with van der Waals surface area (Å²) in [7, 11) is 0. The first-order valence-corrected chi connectivity index (χ1v) is 6.80. The van der Waals surface area contributed by atoms with Gasteiger partial charge in [0.15, 0.2) is 0 Å². The maximum absolute atomic E-state index is 13.7. The summed E-state index contributed by atoms with van der Waals surface area (Å²) in [6.07, 6.45) is 3.28. The molecule has 0 fully saturated rings. The molecular formula is C16H19F2NO. The normalized spacial score (nSPS) is 14.2. The first kappa shape index (κ1) is 14.7. The van der Waals surface area contributed by atoms with Crippen molar-refractivity contribution < 1.29 is 13.2 Å². The van der Waals surface area contributed by atoms with Gasteiger partial charge in [-0.05, 0) is 44.5 Å². The van der Waals surface area contributed by atoms with Crippen LogP contribution in [0.3, 0.4) is 0 Å². The second kappa shape index (κ2) is 6.66. The van der Waals surface area contributed by atoms with Crippen LogP contribution < -0.4 is 5.32 Å². The highest BCUT2D eigenvalue weighted by atomic mass is 19.1. The minimum atomic E-state index is -0.511. The van der Waals surface area contributed by atoms with Crippen LogP contribution in [0.15, 0.2) is 41.0 Å². The Morgan fingerprint density at radius 2 is 1.80 bits per heavy atom. The largest absolute Gasteiger partial charge is 0.469 e. The first-order valence-electron chi connectivity index (χ1n) is 6.80. The lowest BCUT2D eigenvalue weighted by Crippen LogP contribution is -2.30. The predicted octanol–water partition coefficient (Wildman–Crippen LogP) is 4.23. The Morgan fingerprint density at radius 3 is 2.40 bits per heavy atom. The summed E-state index contributed by atoms with van der Waals surface area (Å²) in [5, 5.41) is 3.22. The zero-order valence-corrected chi connectivity index (χ0v) is 11.7. The zero-order valence-electron chi connectivity index (χ0n) is 11.7. The topological polar surface area (TPSA) is 25.2 Å². The molecule has 2 unspecified atom stereocenters. The Bertz CT molecular complexity index is 519. The second-order valence-corrected chi connectivity index (χ2v) is 5.04. The molecule has 4 heteroatoms. The Kier molecular flexibility index (Phi) is 4.90. The highest BCUT2D eigenvalue weighted by molar-refractivity contribution is 5.22. The summed E-state index contributed by atoms with van der Waals surface area (Å²) in [4.78, 5) is 0. The lowest BCUT2D eigenvalue weighted by atomic mass is 10.0. The molecule has 0 saturated carbocycles. The highest BCUT2D eigenvalue weighted by Crippen LogP contribution is 2.21. The average Bonchev–Trinajstić information content (AvgIpc) is 2.89. The van der Waals surface area contributed by atoms with Gasteiger partial charge in [0, 0.05) is 24.1 Å². The number of benzene rings is 1. The van der Waals surface area contributed by atoms with Gasteiger partial charge in [-0.25, -0.2) is 8.78 Å². The lowest BCUT2D eigenvalue weighted by Gasteiger charge is -2.21. The fourth-order valence-electron chi connectivity index (χ4n) is 2.33. The minimum absolute atomic E-state index is 0.0948. The third-order valence-corrected chi connectivity index (χ3v) is 3.37. The van der Waals surface area contributed by atoms with Crippen LogP contribution in [0.1, 0.15) is 37.6 Å². The number of hydrogen-bond acceptors (Lipinski definition) is 2. The summed E-state index contributed by atoms with van der Waals surface area (Å²) < 4.78 is 32.6. The van der Waals surface area contributed by atoms with Crippen molar-refractivity contribution in [3.05, 3.63) is 59.6 Å². The molecule has 2 rings (SSSR count). The van der Waals surface area contributed by atoms with Crippen LogP contribution in [-0.4, -0.2) is 6.04 Å². The van der Waals surface area contributed by atoms with Crippen molar-refractivity contribution in [1.82, 2.24) is 5.32 Å². The molecule has 1 aromatic carbocycles. The van der Waals surface area contributed by atoms with E-state index in [1.165, 1.54) is 18.2 Å². The fraction of sp³-hybridized carbons (Fsp3) is 0.375. The molecule has 20 heavy (non-hydrogen) atoms. The number of furan rings is 1. The molecule has 0 saturated heterocycles. The van der Waals surface area contributed by atoms with E-state index in [2.05, 4.69) is 5.32 Å². The monoisotopic (exact) mass is 279 g/mol. The molecule has 2 atom stereocenters. The van der Waals surface area contributed by atoms with Crippen molar-refractivity contribution in [2.45, 2.75) is 38.8 Å². The van der Waals surface area contributed by atoms with Gasteiger partial charge < -0.3 is 9.73 Å². The molecule has 0 spiro atoms. The number of nitrogens with one attached hydrogen (secondary N) is 1. The summed E-state index contributed by atoms with van der Waals surface area (Å²) in [6, 6.07) is 7.48. The SMILES string of the molecule is CC(CCc1ccco1)NC(C)c1c(F)cccc1F. The Morgan fingerprint density at radius 1 is 1.10 bits per heavy atom.